The molecule has 0 radical (unpaired) electrons. The van der Waals surface area contributed by atoms with E-state index in [0.717, 1.165) is 41.2 Å². The normalized spacial score (nSPS) is 36.5. The molecule has 0 spiro atoms. The standard InChI is InChI=1S/C26H36N2O2/c29-26(30)12-11-20-7-1-2-10-25(20)27-21-16-22-8-4-9-23(17-21)28(22)24-14-18-5-3-6-19(13-18)15-24/h1-2,7,10-12,18-19,21-24,27H,3-6,8-9,13-17H2,(H,29,30)/b12-11+/t18-,19+,21?,22-,23+,24?. The second kappa shape index (κ2) is 8.74. The van der Waals surface area contributed by atoms with E-state index in [9.17, 15) is 4.79 Å². The Balaban J connectivity index is 1.28. The minimum Gasteiger partial charge on any atom is -0.478 e. The third-order valence-electron chi connectivity index (χ3n) is 8.28. The summed E-state index contributed by atoms with van der Waals surface area (Å²) >= 11 is 0. The largest absolute Gasteiger partial charge is 0.478 e. The maximum absolute atomic E-state index is 11.0. The highest BCUT2D eigenvalue weighted by Crippen LogP contribution is 2.46. The van der Waals surface area contributed by atoms with Gasteiger partial charge in [-0.15, -0.1) is 0 Å². The van der Waals surface area contributed by atoms with Gasteiger partial charge in [-0.2, -0.15) is 0 Å². The van der Waals surface area contributed by atoms with Crippen LogP contribution in [0.5, 0.6) is 0 Å². The quantitative estimate of drug-likeness (QED) is 0.627. The number of hydrogen-bond donors (Lipinski definition) is 2. The van der Waals surface area contributed by atoms with Crippen LogP contribution < -0.4 is 5.32 Å². The molecule has 162 valence electrons. The van der Waals surface area contributed by atoms with E-state index in [1.165, 1.54) is 76.7 Å². The topological polar surface area (TPSA) is 52.6 Å². The predicted molar refractivity (Wildman–Crippen MR) is 121 cm³/mol. The smallest absolute Gasteiger partial charge is 0.328 e. The molecule has 4 aliphatic rings. The molecule has 4 heteroatoms. The molecule has 6 atom stereocenters. The number of hydrogen-bond acceptors (Lipinski definition) is 3. The fourth-order valence-corrected chi connectivity index (χ4v) is 7.23. The first-order valence-electron chi connectivity index (χ1n) is 12.2. The second-order valence-electron chi connectivity index (χ2n) is 10.3. The van der Waals surface area contributed by atoms with Gasteiger partial charge in [-0.3, -0.25) is 4.90 Å². The molecule has 2 aliphatic heterocycles. The number of nitrogens with zero attached hydrogens (tertiary/aromatic N) is 1. The lowest BCUT2D eigenvalue weighted by Gasteiger charge is -2.55. The zero-order chi connectivity index (χ0) is 20.5. The maximum Gasteiger partial charge on any atom is 0.328 e. The van der Waals surface area contributed by atoms with Crippen molar-refractivity contribution in [3.8, 4) is 0 Å². The lowest BCUT2D eigenvalue weighted by atomic mass is 9.68. The number of para-hydroxylation sites is 1. The Morgan fingerprint density at radius 1 is 0.900 bits per heavy atom. The minimum absolute atomic E-state index is 0.485. The number of rotatable bonds is 5. The highest BCUT2D eigenvalue weighted by Gasteiger charge is 2.44. The van der Waals surface area contributed by atoms with Crippen LogP contribution in [0, 0.1) is 11.8 Å². The molecule has 1 aromatic carbocycles. The van der Waals surface area contributed by atoms with Crippen molar-refractivity contribution in [2.75, 3.05) is 5.32 Å². The highest BCUT2D eigenvalue weighted by atomic mass is 16.4. The summed E-state index contributed by atoms with van der Waals surface area (Å²) in [5, 5.41) is 12.8. The van der Waals surface area contributed by atoms with E-state index >= 15 is 0 Å². The van der Waals surface area contributed by atoms with Crippen molar-refractivity contribution < 1.29 is 9.90 Å². The first kappa shape index (κ1) is 20.1. The molecule has 2 saturated heterocycles. The van der Waals surface area contributed by atoms with Gasteiger partial charge >= 0.3 is 5.97 Å². The first-order chi connectivity index (χ1) is 14.7. The van der Waals surface area contributed by atoms with Gasteiger partial charge in [0.15, 0.2) is 0 Å². The minimum atomic E-state index is -0.898. The Kier molecular flexibility index (Phi) is 5.86. The number of carbonyl (C=O) groups is 1. The van der Waals surface area contributed by atoms with Crippen LogP contribution in [0.3, 0.4) is 0 Å². The number of nitrogens with one attached hydrogen (secondary N) is 1. The second-order valence-corrected chi connectivity index (χ2v) is 10.3. The summed E-state index contributed by atoms with van der Waals surface area (Å²) in [5.41, 5.74) is 2.03. The lowest BCUT2D eigenvalue weighted by Crippen LogP contribution is -2.60. The molecule has 5 rings (SSSR count). The average Bonchev–Trinajstić information content (AvgIpc) is 2.72. The van der Waals surface area contributed by atoms with Crippen molar-refractivity contribution in [1.82, 2.24) is 4.90 Å². The third kappa shape index (κ3) is 4.30. The number of carboxylic acid groups (broad SMARTS) is 1. The van der Waals surface area contributed by atoms with Gasteiger partial charge in [-0.25, -0.2) is 4.79 Å². The Morgan fingerprint density at radius 3 is 2.27 bits per heavy atom. The molecule has 2 N–H and O–H groups in total. The van der Waals surface area contributed by atoms with E-state index in [2.05, 4.69) is 16.3 Å². The van der Waals surface area contributed by atoms with Crippen molar-refractivity contribution in [3.05, 3.63) is 35.9 Å². The van der Waals surface area contributed by atoms with Gasteiger partial charge in [0.2, 0.25) is 0 Å². The molecule has 4 nitrogen and oxygen atoms in total. The number of aliphatic carboxylic acids is 1. The molecule has 0 amide bonds. The molecule has 30 heavy (non-hydrogen) atoms. The molecule has 2 aliphatic carbocycles. The number of carboxylic acids is 1. The molecule has 1 aromatic rings. The Bertz CT molecular complexity index is 765. The van der Waals surface area contributed by atoms with Gasteiger partial charge in [-0.05, 0) is 74.5 Å². The molecule has 2 unspecified atom stereocenters. The summed E-state index contributed by atoms with van der Waals surface area (Å²) in [4.78, 5) is 13.9. The van der Waals surface area contributed by atoms with Crippen LogP contribution in [0.15, 0.2) is 30.3 Å². The van der Waals surface area contributed by atoms with E-state index in [0.29, 0.717) is 6.04 Å². The van der Waals surface area contributed by atoms with Gasteiger partial charge in [0.05, 0.1) is 0 Å². The molecule has 2 heterocycles. The van der Waals surface area contributed by atoms with Crippen LogP contribution in [0.2, 0.25) is 0 Å². The van der Waals surface area contributed by atoms with Crippen LogP contribution in [-0.4, -0.2) is 40.1 Å². The lowest BCUT2D eigenvalue weighted by molar-refractivity contribution is -0.131. The summed E-state index contributed by atoms with van der Waals surface area (Å²) in [6, 6.07) is 10.9. The highest BCUT2D eigenvalue weighted by molar-refractivity contribution is 5.86. The maximum atomic E-state index is 11.0. The van der Waals surface area contributed by atoms with Crippen molar-refractivity contribution in [1.29, 1.82) is 0 Å². The third-order valence-corrected chi connectivity index (χ3v) is 8.28. The molecular weight excluding hydrogens is 372 g/mol. The Labute approximate surface area is 180 Å². The van der Waals surface area contributed by atoms with Gasteiger partial charge in [0.25, 0.3) is 0 Å². The molecule has 2 saturated carbocycles. The predicted octanol–water partition coefficient (Wildman–Crippen LogP) is 5.55. The number of benzene rings is 1. The van der Waals surface area contributed by atoms with Crippen molar-refractivity contribution in [3.63, 3.8) is 0 Å². The van der Waals surface area contributed by atoms with Crippen molar-refractivity contribution in [2.45, 2.75) is 94.8 Å². The number of fused-ring (bicyclic) bond motifs is 4. The van der Waals surface area contributed by atoms with Crippen LogP contribution in [-0.2, 0) is 4.79 Å². The fourth-order valence-electron chi connectivity index (χ4n) is 7.23. The average molecular weight is 409 g/mol. The van der Waals surface area contributed by atoms with Crippen LogP contribution >= 0.6 is 0 Å². The summed E-state index contributed by atoms with van der Waals surface area (Å²) < 4.78 is 0. The SMILES string of the molecule is O=C(O)/C=C/c1ccccc1NC1C[C@H]2CCC[C@@H](C1)N2C1C[C@H]2CCC[C@@H](C1)C2. The van der Waals surface area contributed by atoms with Gasteiger partial charge in [0.1, 0.15) is 0 Å². The van der Waals surface area contributed by atoms with E-state index in [1.807, 2.05) is 18.2 Å². The molecular formula is C26H36N2O2. The monoisotopic (exact) mass is 408 g/mol. The molecule has 4 bridgehead atoms. The summed E-state index contributed by atoms with van der Waals surface area (Å²) in [6.45, 7) is 0. The van der Waals surface area contributed by atoms with Crippen LogP contribution in [0.4, 0.5) is 5.69 Å². The fraction of sp³-hybridized carbons (Fsp3) is 0.654. The van der Waals surface area contributed by atoms with Gasteiger partial charge < -0.3 is 10.4 Å². The summed E-state index contributed by atoms with van der Waals surface area (Å²) in [7, 11) is 0. The Morgan fingerprint density at radius 2 is 1.57 bits per heavy atom. The number of anilines is 1. The van der Waals surface area contributed by atoms with Crippen LogP contribution in [0.25, 0.3) is 6.08 Å². The zero-order valence-corrected chi connectivity index (χ0v) is 18.0. The van der Waals surface area contributed by atoms with E-state index in [1.54, 1.807) is 6.08 Å². The Hall–Kier alpha value is -1.81. The van der Waals surface area contributed by atoms with Gasteiger partial charge in [0, 0.05) is 35.9 Å². The molecule has 0 aromatic heterocycles. The first-order valence-corrected chi connectivity index (χ1v) is 12.2. The van der Waals surface area contributed by atoms with Crippen molar-refractivity contribution in [2.24, 2.45) is 11.8 Å². The zero-order valence-electron chi connectivity index (χ0n) is 18.0. The van der Waals surface area contributed by atoms with E-state index < -0.39 is 5.97 Å². The van der Waals surface area contributed by atoms with E-state index in [-0.39, 0.29) is 0 Å². The van der Waals surface area contributed by atoms with Gasteiger partial charge in [-0.1, -0.05) is 43.9 Å². The molecule has 4 fully saturated rings. The summed E-state index contributed by atoms with van der Waals surface area (Å²) in [6.07, 6.45) is 18.3. The summed E-state index contributed by atoms with van der Waals surface area (Å²) in [5.74, 6) is 1.09. The van der Waals surface area contributed by atoms with Crippen molar-refractivity contribution >= 4 is 17.7 Å². The number of piperidine rings is 2. The van der Waals surface area contributed by atoms with Crippen LogP contribution in [0.1, 0.15) is 76.2 Å². The van der Waals surface area contributed by atoms with E-state index in [4.69, 9.17) is 5.11 Å².